The number of oxazole rings is 1. The van der Waals surface area contributed by atoms with Crippen molar-refractivity contribution >= 4 is 11.9 Å². The highest BCUT2D eigenvalue weighted by Gasteiger charge is 2.07. The molecule has 0 radical (unpaired) electrons. The van der Waals surface area contributed by atoms with E-state index in [1.165, 1.54) is 6.26 Å². The number of rotatable bonds is 7. The SMILES string of the molecule is CCNC(=NCc1nc(C)c(C)o1)NCCNC(=O)c1ccco1. The van der Waals surface area contributed by atoms with Gasteiger partial charge in [-0.15, -0.1) is 0 Å². The molecule has 24 heavy (non-hydrogen) atoms. The smallest absolute Gasteiger partial charge is 0.287 e. The largest absolute Gasteiger partial charge is 0.459 e. The maximum Gasteiger partial charge on any atom is 0.287 e. The summed E-state index contributed by atoms with van der Waals surface area (Å²) >= 11 is 0. The van der Waals surface area contributed by atoms with Crippen molar-refractivity contribution < 1.29 is 13.6 Å². The molecular weight excluding hydrogens is 310 g/mol. The van der Waals surface area contributed by atoms with E-state index >= 15 is 0 Å². The lowest BCUT2D eigenvalue weighted by atomic mass is 10.4. The molecule has 2 aromatic heterocycles. The van der Waals surface area contributed by atoms with Crippen LogP contribution in [0.4, 0.5) is 0 Å². The van der Waals surface area contributed by atoms with E-state index in [4.69, 9.17) is 8.83 Å². The lowest BCUT2D eigenvalue weighted by Crippen LogP contribution is -2.41. The Kier molecular flexibility index (Phi) is 6.41. The molecule has 0 aliphatic heterocycles. The van der Waals surface area contributed by atoms with Gasteiger partial charge >= 0.3 is 0 Å². The zero-order valence-electron chi connectivity index (χ0n) is 14.2. The first-order valence-corrected chi connectivity index (χ1v) is 7.87. The molecule has 0 spiro atoms. The molecule has 8 nitrogen and oxygen atoms in total. The van der Waals surface area contributed by atoms with Crippen molar-refractivity contribution in [2.75, 3.05) is 19.6 Å². The summed E-state index contributed by atoms with van der Waals surface area (Å²) in [5.74, 6) is 2.07. The Balaban J connectivity index is 1.78. The Bertz CT molecular complexity index is 656. The van der Waals surface area contributed by atoms with Crippen molar-refractivity contribution in [1.82, 2.24) is 20.9 Å². The van der Waals surface area contributed by atoms with Gasteiger partial charge < -0.3 is 24.8 Å². The Hall–Kier alpha value is -2.77. The number of amides is 1. The molecule has 0 unspecified atom stereocenters. The lowest BCUT2D eigenvalue weighted by molar-refractivity contribution is 0.0926. The fraction of sp³-hybridized carbons (Fsp3) is 0.438. The fourth-order valence-electron chi connectivity index (χ4n) is 1.95. The summed E-state index contributed by atoms with van der Waals surface area (Å²) in [6, 6.07) is 3.30. The molecule has 3 N–H and O–H groups in total. The predicted molar refractivity (Wildman–Crippen MR) is 89.8 cm³/mol. The van der Waals surface area contributed by atoms with Gasteiger partial charge in [0.2, 0.25) is 5.89 Å². The number of carbonyl (C=O) groups is 1. The number of furan rings is 1. The molecule has 0 saturated carbocycles. The second kappa shape index (κ2) is 8.76. The third kappa shape index (κ3) is 5.15. The average Bonchev–Trinajstić information content (AvgIpc) is 3.19. The molecule has 0 aromatic carbocycles. The number of aromatic nitrogens is 1. The zero-order chi connectivity index (χ0) is 17.4. The highest BCUT2D eigenvalue weighted by Crippen LogP contribution is 2.08. The number of hydrogen-bond acceptors (Lipinski definition) is 5. The third-order valence-corrected chi connectivity index (χ3v) is 3.24. The fourth-order valence-corrected chi connectivity index (χ4v) is 1.95. The quantitative estimate of drug-likeness (QED) is 0.401. The van der Waals surface area contributed by atoms with Crippen LogP contribution in [-0.4, -0.2) is 36.5 Å². The second-order valence-electron chi connectivity index (χ2n) is 5.10. The molecule has 1 amide bonds. The molecule has 130 valence electrons. The van der Waals surface area contributed by atoms with Crippen molar-refractivity contribution in [3.05, 3.63) is 41.5 Å². The summed E-state index contributed by atoms with van der Waals surface area (Å²) < 4.78 is 10.5. The average molecular weight is 333 g/mol. The van der Waals surface area contributed by atoms with Crippen molar-refractivity contribution in [3.8, 4) is 0 Å². The molecule has 0 aliphatic carbocycles. The van der Waals surface area contributed by atoms with Gasteiger partial charge in [0.05, 0.1) is 12.0 Å². The Labute approximate surface area is 140 Å². The highest BCUT2D eigenvalue weighted by molar-refractivity contribution is 5.91. The minimum Gasteiger partial charge on any atom is -0.459 e. The van der Waals surface area contributed by atoms with Crippen LogP contribution in [0.25, 0.3) is 0 Å². The topological polar surface area (TPSA) is 105 Å². The van der Waals surface area contributed by atoms with E-state index in [9.17, 15) is 4.79 Å². The van der Waals surface area contributed by atoms with Gasteiger partial charge in [-0.3, -0.25) is 4.79 Å². The van der Waals surface area contributed by atoms with E-state index in [0.29, 0.717) is 37.2 Å². The third-order valence-electron chi connectivity index (χ3n) is 3.24. The van der Waals surface area contributed by atoms with E-state index in [1.807, 2.05) is 20.8 Å². The summed E-state index contributed by atoms with van der Waals surface area (Å²) in [6.07, 6.45) is 1.47. The number of hydrogen-bond donors (Lipinski definition) is 3. The van der Waals surface area contributed by atoms with Crippen molar-refractivity contribution in [2.45, 2.75) is 27.3 Å². The number of aliphatic imine (C=N–C) groups is 1. The maximum atomic E-state index is 11.7. The van der Waals surface area contributed by atoms with Crippen LogP contribution in [-0.2, 0) is 6.54 Å². The zero-order valence-corrected chi connectivity index (χ0v) is 14.2. The number of carbonyl (C=O) groups excluding carboxylic acids is 1. The first kappa shape index (κ1) is 17.6. The maximum absolute atomic E-state index is 11.7. The molecule has 8 heteroatoms. The molecular formula is C16H23N5O3. The normalized spacial score (nSPS) is 11.4. The number of aryl methyl sites for hydroxylation is 2. The van der Waals surface area contributed by atoms with Gasteiger partial charge in [-0.1, -0.05) is 0 Å². The minimum absolute atomic E-state index is 0.241. The van der Waals surface area contributed by atoms with Crippen LogP contribution in [0.3, 0.4) is 0 Å². The highest BCUT2D eigenvalue weighted by atomic mass is 16.4. The number of nitrogens with one attached hydrogen (secondary N) is 3. The van der Waals surface area contributed by atoms with E-state index in [-0.39, 0.29) is 5.91 Å². The van der Waals surface area contributed by atoms with Gasteiger partial charge in [0, 0.05) is 19.6 Å². The van der Waals surface area contributed by atoms with Crippen LogP contribution in [0.5, 0.6) is 0 Å². The summed E-state index contributed by atoms with van der Waals surface area (Å²) in [5, 5.41) is 9.02. The molecule has 0 atom stereocenters. The van der Waals surface area contributed by atoms with Crippen LogP contribution < -0.4 is 16.0 Å². The Morgan fingerprint density at radius 1 is 1.25 bits per heavy atom. The molecule has 0 fully saturated rings. The van der Waals surface area contributed by atoms with Gasteiger partial charge in [0.1, 0.15) is 12.3 Å². The van der Waals surface area contributed by atoms with E-state index in [1.54, 1.807) is 12.1 Å². The molecule has 2 aromatic rings. The Morgan fingerprint density at radius 2 is 2.04 bits per heavy atom. The van der Waals surface area contributed by atoms with Gasteiger partial charge in [0.15, 0.2) is 11.7 Å². The van der Waals surface area contributed by atoms with E-state index in [2.05, 4.69) is 25.9 Å². The molecule has 0 saturated heterocycles. The molecule has 0 aliphatic rings. The monoisotopic (exact) mass is 333 g/mol. The van der Waals surface area contributed by atoms with Crippen LogP contribution >= 0.6 is 0 Å². The Morgan fingerprint density at radius 3 is 2.67 bits per heavy atom. The van der Waals surface area contributed by atoms with Crippen LogP contribution in [0, 0.1) is 13.8 Å². The van der Waals surface area contributed by atoms with Gasteiger partial charge in [-0.2, -0.15) is 0 Å². The first-order valence-electron chi connectivity index (χ1n) is 7.87. The van der Waals surface area contributed by atoms with Gasteiger partial charge in [0.25, 0.3) is 5.91 Å². The molecule has 2 heterocycles. The van der Waals surface area contributed by atoms with Crippen molar-refractivity contribution in [1.29, 1.82) is 0 Å². The summed E-state index contributed by atoms with van der Waals surface area (Å²) in [6.45, 7) is 7.81. The van der Waals surface area contributed by atoms with E-state index < -0.39 is 0 Å². The summed E-state index contributed by atoms with van der Waals surface area (Å²) in [4.78, 5) is 20.4. The van der Waals surface area contributed by atoms with Crippen molar-refractivity contribution in [3.63, 3.8) is 0 Å². The van der Waals surface area contributed by atoms with Crippen LogP contribution in [0.15, 0.2) is 32.2 Å². The van der Waals surface area contributed by atoms with Crippen LogP contribution in [0.1, 0.15) is 34.8 Å². The molecule has 2 rings (SSSR count). The first-order chi connectivity index (χ1) is 11.6. The number of nitrogens with zero attached hydrogens (tertiary/aromatic N) is 2. The standard InChI is InChI=1S/C16H23N5O3/c1-4-17-16(20-10-14-21-11(2)12(3)24-14)19-8-7-18-15(22)13-6-5-9-23-13/h5-6,9H,4,7-8,10H2,1-3H3,(H,18,22)(H2,17,19,20). The number of guanidine groups is 1. The molecule has 0 bridgehead atoms. The summed E-state index contributed by atoms with van der Waals surface area (Å²) in [7, 11) is 0. The van der Waals surface area contributed by atoms with Crippen LogP contribution in [0.2, 0.25) is 0 Å². The second-order valence-corrected chi connectivity index (χ2v) is 5.10. The van der Waals surface area contributed by atoms with E-state index in [0.717, 1.165) is 18.0 Å². The minimum atomic E-state index is -0.241. The van der Waals surface area contributed by atoms with Gasteiger partial charge in [-0.25, -0.2) is 9.98 Å². The van der Waals surface area contributed by atoms with Gasteiger partial charge in [-0.05, 0) is 32.9 Å². The van der Waals surface area contributed by atoms with Crippen molar-refractivity contribution in [2.24, 2.45) is 4.99 Å². The lowest BCUT2D eigenvalue weighted by Gasteiger charge is -2.11. The summed E-state index contributed by atoms with van der Waals surface area (Å²) in [5.41, 5.74) is 0.874. The predicted octanol–water partition coefficient (Wildman–Crippen LogP) is 1.37.